The molecule has 0 N–H and O–H groups in total. The first-order valence-corrected chi connectivity index (χ1v) is 18.7. The van der Waals surface area contributed by atoms with Crippen molar-refractivity contribution in [3.8, 4) is 33.4 Å². The minimum Gasteiger partial charge on any atom is -0.135 e. The average molecular weight is 669 g/mol. The van der Waals surface area contributed by atoms with Gasteiger partial charge in [-0.3, -0.25) is 0 Å². The molecule has 11 rings (SSSR count). The minimum atomic E-state index is 1.23. The van der Waals surface area contributed by atoms with Crippen molar-refractivity contribution in [1.29, 1.82) is 0 Å². The molecule has 50 heavy (non-hydrogen) atoms. The third-order valence-electron chi connectivity index (χ3n) is 10.5. The topological polar surface area (TPSA) is 0 Å². The van der Waals surface area contributed by atoms with Crippen LogP contribution in [0, 0.1) is 0 Å². The van der Waals surface area contributed by atoms with Gasteiger partial charge < -0.3 is 0 Å². The van der Waals surface area contributed by atoms with E-state index in [0.29, 0.717) is 0 Å². The highest BCUT2D eigenvalue weighted by atomic mass is 32.1. The number of benzene rings is 9. The predicted molar refractivity (Wildman–Crippen MR) is 221 cm³/mol. The molecule has 0 aliphatic carbocycles. The van der Waals surface area contributed by atoms with E-state index in [0.717, 1.165) is 0 Å². The third kappa shape index (κ3) is 4.16. The second-order valence-electron chi connectivity index (χ2n) is 13.2. The van der Waals surface area contributed by atoms with Crippen LogP contribution in [0.4, 0.5) is 0 Å². The molecule has 0 saturated heterocycles. The van der Waals surface area contributed by atoms with E-state index in [-0.39, 0.29) is 0 Å². The largest absolute Gasteiger partial charge is 0.135 e. The van der Waals surface area contributed by atoms with Gasteiger partial charge in [0.2, 0.25) is 0 Å². The number of hydrogen-bond donors (Lipinski definition) is 0. The van der Waals surface area contributed by atoms with Gasteiger partial charge in [0.05, 0.1) is 0 Å². The first kappa shape index (κ1) is 28.1. The summed E-state index contributed by atoms with van der Waals surface area (Å²) in [7, 11) is 0. The summed E-state index contributed by atoms with van der Waals surface area (Å²) in [5.74, 6) is 0. The molecule has 2 heterocycles. The molecule has 11 aromatic rings. The molecule has 0 unspecified atom stereocenters. The van der Waals surface area contributed by atoms with E-state index in [1.54, 1.807) is 0 Å². The molecule has 2 heteroatoms. The molecule has 2 aromatic heterocycles. The SMILES string of the molecule is c1ccc2cc(-c3c4ccccc4c(-c4ccc(-c5ccc6sc7c(ccc8sc9ccccc9c87)c6c5)cc4)c4ccccc34)ccc2c1. The zero-order valence-corrected chi connectivity index (χ0v) is 28.6. The summed E-state index contributed by atoms with van der Waals surface area (Å²) in [6.45, 7) is 0. The molecule has 9 aromatic carbocycles. The zero-order valence-electron chi connectivity index (χ0n) is 27.0. The van der Waals surface area contributed by atoms with Gasteiger partial charge in [0.25, 0.3) is 0 Å². The molecule has 0 aliphatic heterocycles. The number of fused-ring (bicyclic) bond motifs is 10. The van der Waals surface area contributed by atoms with Gasteiger partial charge in [0.15, 0.2) is 0 Å². The van der Waals surface area contributed by atoms with E-state index in [4.69, 9.17) is 0 Å². The van der Waals surface area contributed by atoms with Gasteiger partial charge in [0, 0.05) is 40.3 Å². The smallest absolute Gasteiger partial charge is 0.0448 e. The van der Waals surface area contributed by atoms with Crippen molar-refractivity contribution in [2.24, 2.45) is 0 Å². The number of rotatable bonds is 3. The highest BCUT2D eigenvalue weighted by Crippen LogP contribution is 2.46. The van der Waals surface area contributed by atoms with E-state index in [9.17, 15) is 0 Å². The summed E-state index contributed by atoms with van der Waals surface area (Å²) in [4.78, 5) is 0. The lowest BCUT2D eigenvalue weighted by Gasteiger charge is -2.18. The lowest BCUT2D eigenvalue weighted by Crippen LogP contribution is -1.91. The quantitative estimate of drug-likeness (QED) is 0.164. The van der Waals surface area contributed by atoms with E-state index < -0.39 is 0 Å². The summed E-state index contributed by atoms with van der Waals surface area (Å²) >= 11 is 3.82. The molecule has 0 atom stereocenters. The maximum atomic E-state index is 2.40. The predicted octanol–water partition coefficient (Wildman–Crippen LogP) is 14.9. The van der Waals surface area contributed by atoms with Crippen LogP contribution in [0.25, 0.3) is 106 Å². The molecule has 0 nitrogen and oxygen atoms in total. The second kappa shape index (κ2) is 10.9. The van der Waals surface area contributed by atoms with Crippen molar-refractivity contribution >= 4 is 95.3 Å². The molecular formula is C48H28S2. The summed E-state index contributed by atoms with van der Waals surface area (Å²) in [6, 6.07) is 63.1. The molecule has 0 radical (unpaired) electrons. The lowest BCUT2D eigenvalue weighted by atomic mass is 9.85. The maximum absolute atomic E-state index is 2.40. The molecule has 0 spiro atoms. The molecule has 0 fully saturated rings. The Morgan fingerprint density at radius 3 is 1.56 bits per heavy atom. The Balaban J connectivity index is 1.06. The van der Waals surface area contributed by atoms with Crippen molar-refractivity contribution in [3.05, 3.63) is 170 Å². The molecule has 0 aliphatic rings. The van der Waals surface area contributed by atoms with Gasteiger partial charge in [0.1, 0.15) is 0 Å². The summed E-state index contributed by atoms with van der Waals surface area (Å²) in [5, 5.41) is 13.1. The number of thiophene rings is 2. The highest BCUT2D eigenvalue weighted by molar-refractivity contribution is 7.29. The van der Waals surface area contributed by atoms with Crippen LogP contribution in [0.1, 0.15) is 0 Å². The molecule has 232 valence electrons. The van der Waals surface area contributed by atoms with Crippen molar-refractivity contribution in [2.45, 2.75) is 0 Å². The Hall–Kier alpha value is -5.80. The average Bonchev–Trinajstić information content (AvgIpc) is 3.75. The fourth-order valence-corrected chi connectivity index (χ4v) is 10.6. The molecule has 0 bridgehead atoms. The van der Waals surface area contributed by atoms with Gasteiger partial charge in [-0.25, -0.2) is 0 Å². The van der Waals surface area contributed by atoms with E-state index in [1.807, 2.05) is 22.7 Å². The standard InChI is InChI=1S/C48H28S2/c1-2-10-32-27-34(22-19-29(32)9-1)46-37-13-5-3-11-35(37)45(36-12-4-6-14-38(36)46)31-20-17-30(18-21-31)33-23-25-43-41(28-33)39-24-26-44-47(48(39)50-43)40-15-7-8-16-42(40)49-44/h1-28H. The van der Waals surface area contributed by atoms with Gasteiger partial charge in [-0.15, -0.1) is 22.7 Å². The van der Waals surface area contributed by atoms with Gasteiger partial charge in [-0.2, -0.15) is 0 Å². The molecular weight excluding hydrogens is 641 g/mol. The van der Waals surface area contributed by atoms with Crippen molar-refractivity contribution < 1.29 is 0 Å². The van der Waals surface area contributed by atoms with Crippen LogP contribution in [0.3, 0.4) is 0 Å². The first-order valence-electron chi connectivity index (χ1n) is 17.1. The van der Waals surface area contributed by atoms with Crippen LogP contribution in [0.2, 0.25) is 0 Å². The Morgan fingerprint density at radius 1 is 0.280 bits per heavy atom. The summed E-state index contributed by atoms with van der Waals surface area (Å²) < 4.78 is 5.46. The van der Waals surface area contributed by atoms with Crippen LogP contribution in [0.15, 0.2) is 170 Å². The molecule has 0 saturated carbocycles. The van der Waals surface area contributed by atoms with E-state index in [1.165, 1.54) is 106 Å². The van der Waals surface area contributed by atoms with Gasteiger partial charge in [-0.1, -0.05) is 140 Å². The van der Waals surface area contributed by atoms with Crippen LogP contribution in [-0.4, -0.2) is 0 Å². The van der Waals surface area contributed by atoms with Crippen LogP contribution in [-0.2, 0) is 0 Å². The Morgan fingerprint density at radius 2 is 0.820 bits per heavy atom. The van der Waals surface area contributed by atoms with Crippen LogP contribution >= 0.6 is 22.7 Å². The third-order valence-corrected chi connectivity index (χ3v) is 12.8. The normalized spacial score (nSPS) is 12.0. The van der Waals surface area contributed by atoms with Crippen molar-refractivity contribution in [2.75, 3.05) is 0 Å². The van der Waals surface area contributed by atoms with E-state index in [2.05, 4.69) is 170 Å². The Labute approximate surface area is 297 Å². The summed E-state index contributed by atoms with van der Waals surface area (Å²) in [5.41, 5.74) is 7.56. The molecule has 0 amide bonds. The lowest BCUT2D eigenvalue weighted by molar-refractivity contribution is 1.63. The van der Waals surface area contributed by atoms with E-state index >= 15 is 0 Å². The monoisotopic (exact) mass is 668 g/mol. The van der Waals surface area contributed by atoms with Crippen molar-refractivity contribution in [3.63, 3.8) is 0 Å². The minimum absolute atomic E-state index is 1.23. The highest BCUT2D eigenvalue weighted by Gasteiger charge is 2.18. The van der Waals surface area contributed by atoms with Crippen LogP contribution in [0.5, 0.6) is 0 Å². The summed E-state index contributed by atoms with van der Waals surface area (Å²) in [6.07, 6.45) is 0. The number of hydrogen-bond acceptors (Lipinski definition) is 2. The van der Waals surface area contributed by atoms with Gasteiger partial charge >= 0.3 is 0 Å². The first-order chi connectivity index (χ1) is 24.8. The zero-order chi connectivity index (χ0) is 32.8. The maximum Gasteiger partial charge on any atom is 0.0448 e. The second-order valence-corrected chi connectivity index (χ2v) is 15.3. The van der Waals surface area contributed by atoms with Crippen LogP contribution < -0.4 is 0 Å². The Bertz CT molecular complexity index is 3080. The fourth-order valence-electron chi connectivity index (χ4n) is 8.15. The Kier molecular flexibility index (Phi) is 6.09. The fraction of sp³-hybridized carbons (Fsp3) is 0. The van der Waals surface area contributed by atoms with Gasteiger partial charge in [-0.05, 0) is 96.0 Å². The van der Waals surface area contributed by atoms with Crippen molar-refractivity contribution in [1.82, 2.24) is 0 Å².